The quantitative estimate of drug-likeness (QED) is 0.345. The van der Waals surface area contributed by atoms with Crippen molar-refractivity contribution >= 4 is 33.7 Å². The molecule has 0 radical (unpaired) electrons. The van der Waals surface area contributed by atoms with Gasteiger partial charge in [0, 0.05) is 29.9 Å². The molecule has 3 atom stereocenters. The second-order valence-corrected chi connectivity index (χ2v) is 9.95. The van der Waals surface area contributed by atoms with Crippen molar-refractivity contribution in [1.82, 2.24) is 35.0 Å². The Morgan fingerprint density at radius 3 is 2.71 bits per heavy atom. The third kappa shape index (κ3) is 3.73. The van der Waals surface area contributed by atoms with E-state index < -0.39 is 0 Å². The number of hydrogen-bond donors (Lipinski definition) is 2. The van der Waals surface area contributed by atoms with E-state index in [-0.39, 0.29) is 0 Å². The zero-order chi connectivity index (χ0) is 23.5. The second kappa shape index (κ2) is 8.03. The van der Waals surface area contributed by atoms with Gasteiger partial charge in [-0.05, 0) is 56.9 Å². The zero-order valence-corrected chi connectivity index (χ0v) is 20.0. The lowest BCUT2D eigenvalue weighted by molar-refractivity contribution is 0.281. The molecule has 7 rings (SSSR count). The lowest BCUT2D eigenvalue weighted by atomic mass is 10.0. The maximum Gasteiger partial charge on any atom is 0.148 e. The Kier molecular flexibility index (Phi) is 4.78. The van der Waals surface area contributed by atoms with E-state index in [0.717, 1.165) is 41.0 Å². The molecule has 9 heteroatoms. The number of piperidine rings is 1. The third-order valence-electron chi connectivity index (χ3n) is 7.14. The van der Waals surface area contributed by atoms with Crippen LogP contribution in [0.25, 0.3) is 33.3 Å². The van der Waals surface area contributed by atoms with Gasteiger partial charge in [-0.3, -0.25) is 9.67 Å². The molecule has 3 aromatic heterocycles. The zero-order valence-electron chi connectivity index (χ0n) is 19.2. The SMILES string of the molecule is Cc1nc2ccc(Oc3ccc4ncc(-c5cnn([C@H]6C[C@H]7CC[C@@H](C6)N7)c5)nc4c3Cl)cc2[nH]1. The van der Waals surface area contributed by atoms with Crippen LogP contribution in [-0.4, -0.2) is 41.8 Å². The number of imidazole rings is 1. The standard InChI is InChI=1S/C26H24ClN7O/c1-14-30-20-5-4-19(10-22(20)31-14)35-24-7-6-21-26(25(24)27)33-23(12-28-21)15-11-29-34(13-15)18-8-16-2-3-17(9-18)32-16/h4-7,10-13,16-18,32H,2-3,8-9H2,1H3,(H,30,31)/t16-,17+,18+. The highest BCUT2D eigenvalue weighted by Crippen LogP contribution is 2.37. The number of nitrogens with one attached hydrogen (secondary N) is 2. The van der Waals surface area contributed by atoms with Crippen LogP contribution in [0.3, 0.4) is 0 Å². The number of aryl methyl sites for hydroxylation is 1. The van der Waals surface area contributed by atoms with Gasteiger partial charge in [-0.2, -0.15) is 5.10 Å². The van der Waals surface area contributed by atoms with Crippen molar-refractivity contribution in [3.05, 3.63) is 59.8 Å². The first-order chi connectivity index (χ1) is 17.1. The number of benzene rings is 2. The van der Waals surface area contributed by atoms with Crippen LogP contribution in [0.15, 0.2) is 48.9 Å². The Morgan fingerprint density at radius 2 is 1.86 bits per heavy atom. The third-order valence-corrected chi connectivity index (χ3v) is 7.50. The molecule has 176 valence electrons. The highest BCUT2D eigenvalue weighted by molar-refractivity contribution is 6.36. The maximum absolute atomic E-state index is 6.76. The van der Waals surface area contributed by atoms with Crippen LogP contribution in [0.4, 0.5) is 0 Å². The van der Waals surface area contributed by atoms with Crippen LogP contribution >= 0.6 is 11.6 Å². The van der Waals surface area contributed by atoms with E-state index in [1.165, 1.54) is 12.8 Å². The van der Waals surface area contributed by atoms with Crippen molar-refractivity contribution in [2.45, 2.75) is 50.7 Å². The van der Waals surface area contributed by atoms with E-state index in [0.29, 0.717) is 45.7 Å². The van der Waals surface area contributed by atoms with Crippen LogP contribution in [0.5, 0.6) is 11.5 Å². The van der Waals surface area contributed by atoms with Crippen molar-refractivity contribution in [2.75, 3.05) is 0 Å². The maximum atomic E-state index is 6.76. The number of nitrogens with zero attached hydrogens (tertiary/aromatic N) is 5. The molecule has 2 aromatic carbocycles. The van der Waals surface area contributed by atoms with Crippen molar-refractivity contribution in [3.8, 4) is 22.8 Å². The average Bonchev–Trinajstić information content (AvgIpc) is 3.58. The van der Waals surface area contributed by atoms with E-state index in [1.54, 1.807) is 6.20 Å². The van der Waals surface area contributed by atoms with Gasteiger partial charge in [0.15, 0.2) is 0 Å². The molecule has 0 saturated carbocycles. The number of aromatic nitrogens is 6. The van der Waals surface area contributed by atoms with E-state index in [1.807, 2.05) is 43.5 Å². The first-order valence-electron chi connectivity index (χ1n) is 12.0. The minimum Gasteiger partial charge on any atom is -0.456 e. The van der Waals surface area contributed by atoms with Crippen LogP contribution in [0, 0.1) is 6.92 Å². The topological polar surface area (TPSA) is 93.5 Å². The summed E-state index contributed by atoms with van der Waals surface area (Å²) in [6.45, 7) is 1.93. The minimum absolute atomic E-state index is 0.426. The molecule has 8 nitrogen and oxygen atoms in total. The summed E-state index contributed by atoms with van der Waals surface area (Å²) in [5.74, 6) is 2.06. The molecule has 2 aliphatic heterocycles. The van der Waals surface area contributed by atoms with Gasteiger partial charge in [-0.1, -0.05) is 11.6 Å². The molecule has 0 unspecified atom stereocenters. The van der Waals surface area contributed by atoms with Gasteiger partial charge in [-0.25, -0.2) is 9.97 Å². The summed E-state index contributed by atoms with van der Waals surface area (Å²) in [6, 6.07) is 11.1. The van der Waals surface area contributed by atoms with Gasteiger partial charge in [0.1, 0.15) is 27.9 Å². The fourth-order valence-electron chi connectivity index (χ4n) is 5.46. The number of fused-ring (bicyclic) bond motifs is 4. The van der Waals surface area contributed by atoms with Crippen molar-refractivity contribution in [2.24, 2.45) is 0 Å². The summed E-state index contributed by atoms with van der Waals surface area (Å²) in [5.41, 5.74) is 4.81. The van der Waals surface area contributed by atoms with Gasteiger partial charge in [0.2, 0.25) is 0 Å². The van der Waals surface area contributed by atoms with E-state index in [4.69, 9.17) is 21.3 Å². The lowest BCUT2D eigenvalue weighted by Gasteiger charge is -2.29. The molecule has 2 N–H and O–H groups in total. The lowest BCUT2D eigenvalue weighted by Crippen LogP contribution is -2.38. The van der Waals surface area contributed by atoms with Crippen LogP contribution in [0.2, 0.25) is 5.02 Å². The molecule has 0 aliphatic carbocycles. The van der Waals surface area contributed by atoms with Gasteiger partial charge < -0.3 is 15.0 Å². The Balaban J connectivity index is 1.19. The smallest absolute Gasteiger partial charge is 0.148 e. The number of halogens is 1. The molecular formula is C26H24ClN7O. The first-order valence-corrected chi connectivity index (χ1v) is 12.4. The summed E-state index contributed by atoms with van der Waals surface area (Å²) in [4.78, 5) is 17.1. The van der Waals surface area contributed by atoms with Gasteiger partial charge in [0.05, 0.1) is 40.7 Å². The fourth-order valence-corrected chi connectivity index (χ4v) is 5.70. The fraction of sp³-hybridized carbons (Fsp3) is 0.308. The highest BCUT2D eigenvalue weighted by atomic mass is 35.5. The number of rotatable bonds is 4. The molecule has 35 heavy (non-hydrogen) atoms. The Morgan fingerprint density at radius 1 is 1.03 bits per heavy atom. The molecule has 2 saturated heterocycles. The first kappa shape index (κ1) is 20.8. The molecule has 0 spiro atoms. The summed E-state index contributed by atoms with van der Waals surface area (Å²) >= 11 is 6.76. The van der Waals surface area contributed by atoms with Crippen molar-refractivity contribution in [1.29, 1.82) is 0 Å². The summed E-state index contributed by atoms with van der Waals surface area (Å²) < 4.78 is 8.22. The molecular weight excluding hydrogens is 462 g/mol. The molecule has 5 heterocycles. The summed E-state index contributed by atoms with van der Waals surface area (Å²) in [6.07, 6.45) is 10.5. The molecule has 2 aliphatic rings. The van der Waals surface area contributed by atoms with Gasteiger partial charge >= 0.3 is 0 Å². The number of H-pyrrole nitrogens is 1. The van der Waals surface area contributed by atoms with Crippen LogP contribution in [-0.2, 0) is 0 Å². The summed E-state index contributed by atoms with van der Waals surface area (Å²) in [7, 11) is 0. The number of hydrogen-bond acceptors (Lipinski definition) is 6. The predicted octanol–water partition coefficient (Wildman–Crippen LogP) is 5.58. The van der Waals surface area contributed by atoms with E-state index >= 15 is 0 Å². The predicted molar refractivity (Wildman–Crippen MR) is 135 cm³/mol. The van der Waals surface area contributed by atoms with Crippen molar-refractivity contribution < 1.29 is 4.74 Å². The molecule has 2 fully saturated rings. The number of ether oxygens (including phenoxy) is 1. The van der Waals surface area contributed by atoms with Crippen LogP contribution in [0.1, 0.15) is 37.5 Å². The molecule has 0 amide bonds. The molecule has 2 bridgehead atoms. The monoisotopic (exact) mass is 485 g/mol. The van der Waals surface area contributed by atoms with Gasteiger partial charge in [0.25, 0.3) is 0 Å². The Labute approximate surface area is 206 Å². The summed E-state index contributed by atoms with van der Waals surface area (Å²) in [5, 5.41) is 8.79. The van der Waals surface area contributed by atoms with Crippen LogP contribution < -0.4 is 10.1 Å². The van der Waals surface area contributed by atoms with Gasteiger partial charge in [-0.15, -0.1) is 0 Å². The highest BCUT2D eigenvalue weighted by Gasteiger charge is 2.34. The normalized spacial score (nSPS) is 21.7. The average molecular weight is 486 g/mol. The minimum atomic E-state index is 0.426. The molecule has 5 aromatic rings. The Hall–Kier alpha value is -3.49. The van der Waals surface area contributed by atoms with Crippen molar-refractivity contribution in [3.63, 3.8) is 0 Å². The number of aromatic amines is 1. The Bertz CT molecular complexity index is 1560. The second-order valence-electron chi connectivity index (χ2n) is 9.58. The van der Waals surface area contributed by atoms with E-state index in [2.05, 4.69) is 36.2 Å². The van der Waals surface area contributed by atoms with E-state index in [9.17, 15) is 0 Å². The largest absolute Gasteiger partial charge is 0.456 e.